The molecule has 2 rings (SSSR count). The van der Waals surface area contributed by atoms with Crippen molar-refractivity contribution < 1.29 is 4.79 Å². The summed E-state index contributed by atoms with van der Waals surface area (Å²) in [5.74, 6) is 0.0218. The number of nitrogens with one attached hydrogen (secondary N) is 2. The van der Waals surface area contributed by atoms with E-state index in [0.29, 0.717) is 6.54 Å². The van der Waals surface area contributed by atoms with Crippen molar-refractivity contribution in [3.8, 4) is 0 Å². The van der Waals surface area contributed by atoms with Crippen LogP contribution >= 0.6 is 23.1 Å². The Morgan fingerprint density at radius 2 is 2.09 bits per heavy atom. The van der Waals surface area contributed by atoms with E-state index in [1.807, 2.05) is 32.0 Å². The van der Waals surface area contributed by atoms with E-state index in [1.165, 1.54) is 28.7 Å². The van der Waals surface area contributed by atoms with Crippen molar-refractivity contribution >= 4 is 39.8 Å². The number of carbonyl (C=O) groups excluding carboxylic acids is 1. The lowest BCUT2D eigenvalue weighted by Crippen LogP contribution is -2.30. The van der Waals surface area contributed by atoms with Crippen molar-refractivity contribution in [2.24, 2.45) is 0 Å². The molecule has 2 N–H and O–H groups in total. The number of carbonyl (C=O) groups is 1. The molecule has 0 saturated carbocycles. The number of hydrogen-bond donors (Lipinski definition) is 2. The van der Waals surface area contributed by atoms with Gasteiger partial charge in [0, 0.05) is 12.2 Å². The fourth-order valence-electron chi connectivity index (χ4n) is 1.90. The second-order valence-electron chi connectivity index (χ2n) is 4.66. The van der Waals surface area contributed by atoms with Crippen molar-refractivity contribution in [3.05, 3.63) is 29.8 Å². The maximum Gasteiger partial charge on any atom is 0.233 e. The average Bonchev–Trinajstić information content (AvgIpc) is 2.95. The third-order valence-electron chi connectivity index (χ3n) is 3.04. The van der Waals surface area contributed by atoms with Crippen LogP contribution in [0.2, 0.25) is 0 Å². The fourth-order valence-corrected chi connectivity index (χ4v) is 3.83. The fraction of sp³-hybridized carbons (Fsp3) is 0.400. The molecule has 0 aliphatic heterocycles. The lowest BCUT2D eigenvalue weighted by atomic mass is 10.1. The van der Waals surface area contributed by atoms with Crippen LogP contribution in [0, 0.1) is 0 Å². The van der Waals surface area contributed by atoms with Crippen LogP contribution in [-0.4, -0.2) is 27.9 Å². The van der Waals surface area contributed by atoms with Gasteiger partial charge in [0.2, 0.25) is 11.0 Å². The summed E-state index contributed by atoms with van der Waals surface area (Å²) in [6, 6.07) is 8.15. The summed E-state index contributed by atoms with van der Waals surface area (Å²) in [5.41, 5.74) is 2.29. The van der Waals surface area contributed by atoms with E-state index >= 15 is 0 Å². The van der Waals surface area contributed by atoms with E-state index in [-0.39, 0.29) is 11.2 Å². The zero-order valence-corrected chi connectivity index (χ0v) is 14.6. The first-order valence-electron chi connectivity index (χ1n) is 7.26. The molecule has 2 aromatic rings. The molecule has 7 heteroatoms. The third kappa shape index (κ3) is 4.45. The molecule has 1 heterocycles. The largest absolute Gasteiger partial charge is 0.355 e. The van der Waals surface area contributed by atoms with Gasteiger partial charge in [0.1, 0.15) is 0 Å². The van der Waals surface area contributed by atoms with Crippen LogP contribution in [0.15, 0.2) is 28.6 Å². The van der Waals surface area contributed by atoms with Crippen LogP contribution in [-0.2, 0) is 11.2 Å². The molecule has 22 heavy (non-hydrogen) atoms. The van der Waals surface area contributed by atoms with Gasteiger partial charge in [-0.3, -0.25) is 4.79 Å². The molecule has 1 atom stereocenters. The van der Waals surface area contributed by atoms with Crippen molar-refractivity contribution in [2.75, 3.05) is 11.9 Å². The SMILES string of the molecule is CCNC(=O)[C@@H](C)Sc1nnc(Nc2ccccc2CC)s1. The minimum atomic E-state index is -0.177. The molecule has 5 nitrogen and oxygen atoms in total. The zero-order chi connectivity index (χ0) is 15.9. The molecule has 0 saturated heterocycles. The molecule has 1 aromatic heterocycles. The molecule has 0 aliphatic carbocycles. The van der Waals surface area contributed by atoms with Gasteiger partial charge in [-0.15, -0.1) is 10.2 Å². The van der Waals surface area contributed by atoms with Crippen molar-refractivity contribution in [1.29, 1.82) is 0 Å². The maximum absolute atomic E-state index is 11.7. The number of hydrogen-bond acceptors (Lipinski definition) is 6. The summed E-state index contributed by atoms with van der Waals surface area (Å²) >= 11 is 2.89. The quantitative estimate of drug-likeness (QED) is 0.758. The maximum atomic E-state index is 11.7. The molecule has 0 fully saturated rings. The van der Waals surface area contributed by atoms with Gasteiger partial charge >= 0.3 is 0 Å². The van der Waals surface area contributed by atoms with E-state index in [2.05, 4.69) is 33.8 Å². The third-order valence-corrected chi connectivity index (χ3v) is 5.07. The number of aromatic nitrogens is 2. The number of benzene rings is 1. The standard InChI is InChI=1S/C15H20N4OS2/c1-4-11-8-6-7-9-12(11)17-14-18-19-15(22-14)21-10(3)13(20)16-5-2/h6-10H,4-5H2,1-3H3,(H,16,20)(H,17,18)/t10-/m1/s1. The first-order chi connectivity index (χ1) is 10.6. The summed E-state index contributed by atoms with van der Waals surface area (Å²) < 4.78 is 0.787. The highest BCUT2D eigenvalue weighted by Crippen LogP contribution is 2.31. The lowest BCUT2D eigenvalue weighted by molar-refractivity contribution is -0.120. The van der Waals surface area contributed by atoms with Gasteiger partial charge < -0.3 is 10.6 Å². The predicted octanol–water partition coefficient (Wildman–Crippen LogP) is 3.46. The Morgan fingerprint density at radius 1 is 1.32 bits per heavy atom. The summed E-state index contributed by atoms with van der Waals surface area (Å²) in [6.45, 7) is 6.54. The molecule has 0 spiro atoms. The van der Waals surface area contributed by atoms with Crippen LogP contribution < -0.4 is 10.6 Å². The molecule has 118 valence electrons. The summed E-state index contributed by atoms with van der Waals surface area (Å²) in [7, 11) is 0. The van der Waals surface area contributed by atoms with Gasteiger partial charge in [0.25, 0.3) is 0 Å². The highest BCUT2D eigenvalue weighted by Gasteiger charge is 2.16. The second kappa shape index (κ2) is 8.14. The van der Waals surface area contributed by atoms with Crippen LogP contribution in [0.5, 0.6) is 0 Å². The van der Waals surface area contributed by atoms with Crippen LogP contribution in [0.1, 0.15) is 26.3 Å². The minimum Gasteiger partial charge on any atom is -0.355 e. The smallest absolute Gasteiger partial charge is 0.233 e. The van der Waals surface area contributed by atoms with Crippen molar-refractivity contribution in [1.82, 2.24) is 15.5 Å². The number of thioether (sulfide) groups is 1. The minimum absolute atomic E-state index is 0.0218. The van der Waals surface area contributed by atoms with Gasteiger partial charge in [-0.25, -0.2) is 0 Å². The van der Waals surface area contributed by atoms with E-state index in [1.54, 1.807) is 0 Å². The normalized spacial score (nSPS) is 12.0. The van der Waals surface area contributed by atoms with Crippen LogP contribution in [0.25, 0.3) is 0 Å². The highest BCUT2D eigenvalue weighted by atomic mass is 32.2. The Kier molecular flexibility index (Phi) is 6.21. The number of para-hydroxylation sites is 1. The Labute approximate surface area is 138 Å². The van der Waals surface area contributed by atoms with Gasteiger partial charge in [0.15, 0.2) is 4.34 Å². The number of nitrogens with zero attached hydrogens (tertiary/aromatic N) is 2. The molecule has 0 bridgehead atoms. The van der Waals surface area contributed by atoms with Gasteiger partial charge in [-0.1, -0.05) is 48.2 Å². The summed E-state index contributed by atoms with van der Waals surface area (Å²) in [6.07, 6.45) is 0.956. The first-order valence-corrected chi connectivity index (χ1v) is 8.96. The highest BCUT2D eigenvalue weighted by molar-refractivity contribution is 8.02. The van der Waals surface area contributed by atoms with Crippen LogP contribution in [0.4, 0.5) is 10.8 Å². The van der Waals surface area contributed by atoms with Gasteiger partial charge in [-0.2, -0.15) is 0 Å². The topological polar surface area (TPSA) is 66.9 Å². The number of amides is 1. The molecular formula is C15H20N4OS2. The van der Waals surface area contributed by atoms with E-state index in [9.17, 15) is 4.79 Å². The van der Waals surface area contributed by atoms with Gasteiger partial charge in [0.05, 0.1) is 5.25 Å². The summed E-state index contributed by atoms with van der Waals surface area (Å²) in [4.78, 5) is 11.7. The molecule has 1 amide bonds. The van der Waals surface area contributed by atoms with E-state index in [0.717, 1.165) is 21.6 Å². The monoisotopic (exact) mass is 336 g/mol. The van der Waals surface area contributed by atoms with Crippen molar-refractivity contribution in [3.63, 3.8) is 0 Å². The predicted molar refractivity (Wildman–Crippen MR) is 93.0 cm³/mol. The second-order valence-corrected chi connectivity index (χ2v) is 7.23. The number of aryl methyl sites for hydroxylation is 1. The Balaban J connectivity index is 2.01. The molecular weight excluding hydrogens is 316 g/mol. The zero-order valence-electron chi connectivity index (χ0n) is 12.9. The number of rotatable bonds is 7. The number of anilines is 2. The van der Waals surface area contributed by atoms with E-state index < -0.39 is 0 Å². The molecule has 0 aliphatic rings. The lowest BCUT2D eigenvalue weighted by Gasteiger charge is -2.08. The first kappa shape index (κ1) is 16.8. The average molecular weight is 336 g/mol. The van der Waals surface area contributed by atoms with Gasteiger partial charge in [-0.05, 0) is 31.9 Å². The van der Waals surface area contributed by atoms with Crippen LogP contribution in [0.3, 0.4) is 0 Å². The van der Waals surface area contributed by atoms with E-state index in [4.69, 9.17) is 0 Å². The molecule has 0 unspecified atom stereocenters. The molecule has 0 radical (unpaired) electrons. The molecule has 1 aromatic carbocycles. The summed E-state index contributed by atoms with van der Waals surface area (Å²) in [5, 5.41) is 15.0. The Bertz CT molecular complexity index is 630. The van der Waals surface area contributed by atoms with Crippen molar-refractivity contribution in [2.45, 2.75) is 36.8 Å². The Hall–Kier alpha value is -1.60. The Morgan fingerprint density at radius 3 is 2.82 bits per heavy atom.